The Balaban J connectivity index is 1.54. The second-order valence-electron chi connectivity index (χ2n) is 6.69. The van der Waals surface area contributed by atoms with Gasteiger partial charge in [-0.25, -0.2) is 23.6 Å². The molecule has 0 bridgehead atoms. The SMILES string of the molecule is CC1CC(NS(=O)(=O)c2ccc(NC(=O)NCc3cccnc3)cc2)NN1C. The lowest BCUT2D eigenvalue weighted by Crippen LogP contribution is -2.44. The van der Waals surface area contributed by atoms with Crippen LogP contribution < -0.4 is 20.8 Å². The van der Waals surface area contributed by atoms with Crippen LogP contribution in [0.2, 0.25) is 0 Å². The van der Waals surface area contributed by atoms with Crippen molar-refractivity contribution < 1.29 is 13.2 Å². The Bertz CT molecular complexity index is 895. The molecule has 150 valence electrons. The fourth-order valence-corrected chi connectivity index (χ4v) is 3.99. The molecule has 0 spiro atoms. The molecule has 4 N–H and O–H groups in total. The average molecular weight is 404 g/mol. The zero-order valence-corrected chi connectivity index (χ0v) is 16.5. The van der Waals surface area contributed by atoms with Gasteiger partial charge in [-0.15, -0.1) is 0 Å². The number of benzene rings is 1. The van der Waals surface area contributed by atoms with Crippen LogP contribution in [0.4, 0.5) is 10.5 Å². The number of pyridine rings is 1. The van der Waals surface area contributed by atoms with E-state index in [4.69, 9.17) is 0 Å². The lowest BCUT2D eigenvalue weighted by molar-refractivity contribution is 0.237. The number of carbonyl (C=O) groups is 1. The number of anilines is 1. The van der Waals surface area contributed by atoms with Crippen molar-refractivity contribution >= 4 is 21.7 Å². The summed E-state index contributed by atoms with van der Waals surface area (Å²) >= 11 is 0. The van der Waals surface area contributed by atoms with Crippen molar-refractivity contribution in [3.8, 4) is 0 Å². The van der Waals surface area contributed by atoms with E-state index in [0.29, 0.717) is 18.7 Å². The van der Waals surface area contributed by atoms with Gasteiger partial charge < -0.3 is 10.6 Å². The van der Waals surface area contributed by atoms with Crippen molar-refractivity contribution in [3.63, 3.8) is 0 Å². The smallest absolute Gasteiger partial charge is 0.319 e. The summed E-state index contributed by atoms with van der Waals surface area (Å²) in [6, 6.07) is 9.53. The highest BCUT2D eigenvalue weighted by atomic mass is 32.2. The Hall–Kier alpha value is -2.53. The maximum Gasteiger partial charge on any atom is 0.319 e. The van der Waals surface area contributed by atoms with E-state index >= 15 is 0 Å². The molecule has 28 heavy (non-hydrogen) atoms. The summed E-state index contributed by atoms with van der Waals surface area (Å²) in [5.41, 5.74) is 4.44. The number of nitrogens with one attached hydrogen (secondary N) is 4. The van der Waals surface area contributed by atoms with Gasteiger partial charge in [-0.3, -0.25) is 4.98 Å². The van der Waals surface area contributed by atoms with Crippen LogP contribution in [0.25, 0.3) is 0 Å². The third-order valence-electron chi connectivity index (χ3n) is 4.49. The molecule has 1 aromatic carbocycles. The van der Waals surface area contributed by atoms with Crippen molar-refractivity contribution in [2.45, 2.75) is 37.0 Å². The highest BCUT2D eigenvalue weighted by molar-refractivity contribution is 7.89. The Morgan fingerprint density at radius 3 is 2.64 bits per heavy atom. The second kappa shape index (κ2) is 8.65. The van der Waals surface area contributed by atoms with Crippen molar-refractivity contribution in [1.82, 2.24) is 25.5 Å². The van der Waals surface area contributed by atoms with Crippen LogP contribution >= 0.6 is 0 Å². The molecule has 1 aliphatic heterocycles. The monoisotopic (exact) mass is 404 g/mol. The lowest BCUT2D eigenvalue weighted by Gasteiger charge is -2.16. The number of urea groups is 1. The van der Waals surface area contributed by atoms with Gasteiger partial charge in [0.05, 0.1) is 11.1 Å². The lowest BCUT2D eigenvalue weighted by atomic mass is 10.2. The number of aromatic nitrogens is 1. The number of hydrogen-bond acceptors (Lipinski definition) is 6. The van der Waals surface area contributed by atoms with Crippen molar-refractivity contribution in [1.29, 1.82) is 0 Å². The largest absolute Gasteiger partial charge is 0.334 e. The number of hydrogen-bond donors (Lipinski definition) is 4. The first-order valence-electron chi connectivity index (χ1n) is 8.88. The van der Waals surface area contributed by atoms with Gasteiger partial charge in [0.15, 0.2) is 0 Å². The first-order valence-corrected chi connectivity index (χ1v) is 10.4. The Labute approximate surface area is 164 Å². The summed E-state index contributed by atoms with van der Waals surface area (Å²) in [5.74, 6) is 0. The second-order valence-corrected chi connectivity index (χ2v) is 8.41. The predicted octanol–water partition coefficient (Wildman–Crippen LogP) is 1.24. The molecule has 1 aliphatic rings. The van der Waals surface area contributed by atoms with Crippen LogP contribution in [-0.4, -0.2) is 43.7 Å². The number of hydrazine groups is 1. The molecule has 2 heterocycles. The van der Waals surface area contributed by atoms with Gasteiger partial charge >= 0.3 is 6.03 Å². The van der Waals surface area contributed by atoms with E-state index in [2.05, 4.69) is 25.8 Å². The number of carbonyl (C=O) groups excluding carboxylic acids is 1. The standard InChI is InChI=1S/C18H24N6O3S/c1-13-10-17(22-24(13)2)23-28(26,27)16-7-5-15(6-8-16)21-18(25)20-12-14-4-3-9-19-11-14/h3-9,11,13,17,22-23H,10,12H2,1-2H3,(H2,20,21,25). The van der Waals surface area contributed by atoms with Crippen LogP contribution in [0, 0.1) is 0 Å². The molecule has 0 radical (unpaired) electrons. The molecule has 2 atom stereocenters. The average Bonchev–Trinajstić information content (AvgIpc) is 2.98. The zero-order valence-electron chi connectivity index (χ0n) is 15.7. The van der Waals surface area contributed by atoms with E-state index in [9.17, 15) is 13.2 Å². The molecular weight excluding hydrogens is 380 g/mol. The molecule has 1 aromatic heterocycles. The molecule has 0 aliphatic carbocycles. The highest BCUT2D eigenvalue weighted by Crippen LogP contribution is 2.17. The summed E-state index contributed by atoms with van der Waals surface area (Å²) in [6.45, 7) is 2.36. The minimum Gasteiger partial charge on any atom is -0.334 e. The molecule has 9 nitrogen and oxygen atoms in total. The van der Waals surface area contributed by atoms with Crippen molar-refractivity contribution in [2.75, 3.05) is 12.4 Å². The summed E-state index contributed by atoms with van der Waals surface area (Å²) in [4.78, 5) is 16.1. The van der Waals surface area contributed by atoms with E-state index in [0.717, 1.165) is 5.56 Å². The Kier molecular flexibility index (Phi) is 6.25. The van der Waals surface area contributed by atoms with Crippen LogP contribution in [0.5, 0.6) is 0 Å². The van der Waals surface area contributed by atoms with Gasteiger partial charge in [0.1, 0.15) is 0 Å². The summed E-state index contributed by atoms with van der Waals surface area (Å²) < 4.78 is 27.7. The normalized spacial score (nSPS) is 20.1. The maximum absolute atomic E-state index is 12.5. The molecule has 2 unspecified atom stereocenters. The molecular formula is C18H24N6O3S. The molecule has 2 amide bonds. The van der Waals surface area contributed by atoms with E-state index in [1.807, 2.05) is 25.0 Å². The highest BCUT2D eigenvalue weighted by Gasteiger charge is 2.29. The van der Waals surface area contributed by atoms with Crippen LogP contribution in [0.1, 0.15) is 18.9 Å². The molecule has 0 saturated carbocycles. The van der Waals surface area contributed by atoms with Gasteiger partial charge in [-0.2, -0.15) is 4.72 Å². The summed E-state index contributed by atoms with van der Waals surface area (Å²) in [7, 11) is -1.78. The minimum absolute atomic E-state index is 0.137. The van der Waals surface area contributed by atoms with Gasteiger partial charge in [-0.1, -0.05) is 6.07 Å². The van der Waals surface area contributed by atoms with Crippen LogP contribution in [-0.2, 0) is 16.6 Å². The fourth-order valence-electron chi connectivity index (χ4n) is 2.83. The number of nitrogens with zero attached hydrogens (tertiary/aromatic N) is 2. The molecule has 2 aromatic rings. The summed E-state index contributed by atoms with van der Waals surface area (Å²) in [6.07, 6.45) is 3.66. The molecule has 3 rings (SSSR count). The van der Waals surface area contributed by atoms with Crippen molar-refractivity contribution in [2.24, 2.45) is 0 Å². The first-order chi connectivity index (χ1) is 13.3. The Morgan fingerprint density at radius 2 is 2.04 bits per heavy atom. The van der Waals surface area contributed by atoms with E-state index in [1.165, 1.54) is 12.1 Å². The van der Waals surface area contributed by atoms with Gasteiger partial charge in [0.25, 0.3) is 0 Å². The topological polar surface area (TPSA) is 115 Å². The molecule has 1 fully saturated rings. The van der Waals surface area contributed by atoms with Gasteiger partial charge in [-0.05, 0) is 49.2 Å². The van der Waals surface area contributed by atoms with E-state index in [-0.39, 0.29) is 23.1 Å². The third-order valence-corrected chi connectivity index (χ3v) is 5.98. The van der Waals surface area contributed by atoms with Crippen molar-refractivity contribution in [3.05, 3.63) is 54.4 Å². The van der Waals surface area contributed by atoms with E-state index < -0.39 is 10.0 Å². The summed E-state index contributed by atoms with van der Waals surface area (Å²) in [5, 5.41) is 7.27. The number of rotatable bonds is 6. The number of sulfonamides is 1. The first kappa shape index (κ1) is 20.2. The van der Waals surface area contributed by atoms with E-state index in [1.54, 1.807) is 30.6 Å². The maximum atomic E-state index is 12.5. The Morgan fingerprint density at radius 1 is 1.29 bits per heavy atom. The van der Waals surface area contributed by atoms with Gasteiger partial charge in [0, 0.05) is 37.7 Å². The zero-order chi connectivity index (χ0) is 20.1. The number of amides is 2. The quantitative estimate of drug-likeness (QED) is 0.576. The van der Waals surface area contributed by atoms with Crippen LogP contribution in [0.15, 0.2) is 53.7 Å². The van der Waals surface area contributed by atoms with Crippen LogP contribution in [0.3, 0.4) is 0 Å². The molecule has 1 saturated heterocycles. The third kappa shape index (κ3) is 5.26. The van der Waals surface area contributed by atoms with Gasteiger partial charge in [0.2, 0.25) is 10.0 Å². The molecule has 10 heteroatoms. The predicted molar refractivity (Wildman–Crippen MR) is 106 cm³/mol. The fraction of sp³-hybridized carbons (Fsp3) is 0.333. The minimum atomic E-state index is -3.66.